The molecule has 0 unspecified atom stereocenters. The number of methoxy groups -OCH3 is 1. The summed E-state index contributed by atoms with van der Waals surface area (Å²) in [4.78, 5) is 3.79. The molecule has 0 atom stereocenters. The molecule has 80 valence electrons. The molecular weight excluding hydrogens is 202 g/mol. The number of hydrogen-bond donors (Lipinski definition) is 0. The van der Waals surface area contributed by atoms with Gasteiger partial charge in [0, 0.05) is 11.1 Å². The second-order valence-corrected chi connectivity index (χ2v) is 2.95. The normalized spacial score (nSPS) is 10.1. The summed E-state index contributed by atoms with van der Waals surface area (Å²) < 4.78 is 30.3. The van der Waals surface area contributed by atoms with Gasteiger partial charge in [-0.2, -0.15) is 5.26 Å². The minimum absolute atomic E-state index is 0.116. The van der Waals surface area contributed by atoms with Gasteiger partial charge in [0.15, 0.2) is 0 Å². The first-order valence-electron chi connectivity index (χ1n) is 4.29. The first-order chi connectivity index (χ1) is 7.11. The number of pyridine rings is 1. The van der Waals surface area contributed by atoms with Gasteiger partial charge in [-0.1, -0.05) is 0 Å². The van der Waals surface area contributed by atoms with Gasteiger partial charge in [0.25, 0.3) is 6.43 Å². The van der Waals surface area contributed by atoms with Crippen molar-refractivity contribution in [3.05, 3.63) is 23.0 Å². The molecule has 1 heterocycles. The molecule has 0 N–H and O–H groups in total. The van der Waals surface area contributed by atoms with Crippen LogP contribution in [0.15, 0.2) is 6.20 Å². The number of nitriles is 1. The number of rotatable bonds is 3. The summed E-state index contributed by atoms with van der Waals surface area (Å²) in [5.41, 5.74) is 0.259. The maximum absolute atomic E-state index is 12.7. The molecule has 15 heavy (non-hydrogen) atoms. The van der Waals surface area contributed by atoms with E-state index in [9.17, 15) is 8.78 Å². The van der Waals surface area contributed by atoms with Crippen molar-refractivity contribution in [2.75, 3.05) is 7.11 Å². The zero-order valence-corrected chi connectivity index (χ0v) is 8.42. The topological polar surface area (TPSA) is 45.9 Å². The Hall–Kier alpha value is -1.70. The summed E-state index contributed by atoms with van der Waals surface area (Å²) in [5, 5.41) is 8.48. The third-order valence-corrected chi connectivity index (χ3v) is 2.11. The Morgan fingerprint density at radius 1 is 1.60 bits per heavy atom. The van der Waals surface area contributed by atoms with Crippen molar-refractivity contribution in [2.24, 2.45) is 0 Å². The molecular formula is C10H10F2N2O. The monoisotopic (exact) mass is 212 g/mol. The molecule has 1 rings (SSSR count). The van der Waals surface area contributed by atoms with Crippen LogP contribution in [0.4, 0.5) is 8.78 Å². The number of alkyl halides is 2. The molecule has 0 aromatic carbocycles. The Kier molecular flexibility index (Phi) is 3.56. The highest BCUT2D eigenvalue weighted by atomic mass is 19.3. The second-order valence-electron chi connectivity index (χ2n) is 2.95. The molecule has 0 spiro atoms. The van der Waals surface area contributed by atoms with Crippen LogP contribution in [0.25, 0.3) is 0 Å². The quantitative estimate of drug-likeness (QED) is 0.772. The lowest BCUT2D eigenvalue weighted by atomic mass is 10.1. The van der Waals surface area contributed by atoms with E-state index >= 15 is 0 Å². The van der Waals surface area contributed by atoms with Crippen LogP contribution in [0.1, 0.15) is 23.2 Å². The third kappa shape index (κ3) is 2.21. The fourth-order valence-electron chi connectivity index (χ4n) is 1.36. The molecule has 3 nitrogen and oxygen atoms in total. The van der Waals surface area contributed by atoms with Crippen molar-refractivity contribution >= 4 is 0 Å². The molecule has 0 fully saturated rings. The maximum atomic E-state index is 12.7. The Balaban J connectivity index is 3.32. The number of hydrogen-bond acceptors (Lipinski definition) is 3. The molecule has 0 aliphatic rings. The van der Waals surface area contributed by atoms with Crippen LogP contribution in [0.5, 0.6) is 5.75 Å². The average molecular weight is 212 g/mol. The van der Waals surface area contributed by atoms with E-state index in [-0.39, 0.29) is 17.7 Å². The Labute approximate surface area is 86.3 Å². The standard InChI is InChI=1S/C10H10F2N2O/c1-6-8(15-2)5-14-7(3-4-13)9(6)10(11)12/h5,10H,3H2,1-2H3. The van der Waals surface area contributed by atoms with Crippen molar-refractivity contribution in [3.63, 3.8) is 0 Å². The van der Waals surface area contributed by atoms with E-state index in [1.807, 2.05) is 6.07 Å². The number of ether oxygens (including phenoxy) is 1. The molecule has 1 aromatic rings. The zero-order chi connectivity index (χ0) is 11.4. The molecule has 0 aliphatic heterocycles. The minimum Gasteiger partial charge on any atom is -0.495 e. The minimum atomic E-state index is -2.64. The van der Waals surface area contributed by atoms with Crippen LogP contribution in [-0.2, 0) is 6.42 Å². The first kappa shape index (κ1) is 11.4. The number of nitrogens with zero attached hydrogens (tertiary/aromatic N) is 2. The van der Waals surface area contributed by atoms with Gasteiger partial charge < -0.3 is 4.74 Å². The Bertz CT molecular complexity index is 399. The van der Waals surface area contributed by atoms with Crippen molar-refractivity contribution in [1.82, 2.24) is 4.98 Å². The third-order valence-electron chi connectivity index (χ3n) is 2.11. The van der Waals surface area contributed by atoms with Crippen LogP contribution in [0, 0.1) is 18.3 Å². The summed E-state index contributed by atoms with van der Waals surface area (Å²) in [6.45, 7) is 1.53. The summed E-state index contributed by atoms with van der Waals surface area (Å²) in [6, 6.07) is 1.81. The molecule has 0 radical (unpaired) electrons. The summed E-state index contributed by atoms with van der Waals surface area (Å²) in [5.74, 6) is 0.312. The van der Waals surface area contributed by atoms with Crippen LogP contribution >= 0.6 is 0 Å². The highest BCUT2D eigenvalue weighted by Crippen LogP contribution is 2.30. The van der Waals surface area contributed by atoms with Crippen molar-refractivity contribution in [2.45, 2.75) is 19.8 Å². The lowest BCUT2D eigenvalue weighted by Crippen LogP contribution is -2.03. The fourth-order valence-corrected chi connectivity index (χ4v) is 1.36. The van der Waals surface area contributed by atoms with E-state index in [0.717, 1.165) is 0 Å². The van der Waals surface area contributed by atoms with E-state index in [4.69, 9.17) is 10.00 Å². The molecule has 5 heteroatoms. The Morgan fingerprint density at radius 3 is 2.73 bits per heavy atom. The SMILES string of the molecule is COc1cnc(CC#N)c(C(F)F)c1C. The smallest absolute Gasteiger partial charge is 0.266 e. The van der Waals surface area contributed by atoms with Crippen LogP contribution < -0.4 is 4.74 Å². The lowest BCUT2D eigenvalue weighted by molar-refractivity contribution is 0.148. The van der Waals surface area contributed by atoms with Gasteiger partial charge in [-0.05, 0) is 6.92 Å². The maximum Gasteiger partial charge on any atom is 0.266 e. The van der Waals surface area contributed by atoms with Gasteiger partial charge in [0.05, 0.1) is 31.5 Å². The van der Waals surface area contributed by atoms with E-state index in [1.54, 1.807) is 0 Å². The fraction of sp³-hybridized carbons (Fsp3) is 0.400. The van der Waals surface area contributed by atoms with Crippen molar-refractivity contribution < 1.29 is 13.5 Å². The molecule has 0 saturated carbocycles. The van der Waals surface area contributed by atoms with E-state index in [0.29, 0.717) is 11.3 Å². The van der Waals surface area contributed by atoms with Crippen molar-refractivity contribution in [1.29, 1.82) is 5.26 Å². The summed E-state index contributed by atoms with van der Waals surface area (Å²) >= 11 is 0. The van der Waals surface area contributed by atoms with Gasteiger partial charge in [0.1, 0.15) is 5.75 Å². The number of aromatic nitrogens is 1. The van der Waals surface area contributed by atoms with Gasteiger partial charge in [-0.25, -0.2) is 8.78 Å². The zero-order valence-electron chi connectivity index (χ0n) is 8.42. The van der Waals surface area contributed by atoms with Crippen molar-refractivity contribution in [3.8, 4) is 11.8 Å². The van der Waals surface area contributed by atoms with Gasteiger partial charge in [0.2, 0.25) is 0 Å². The van der Waals surface area contributed by atoms with E-state index in [1.165, 1.54) is 20.2 Å². The van der Waals surface area contributed by atoms with E-state index in [2.05, 4.69) is 4.98 Å². The molecule has 0 saturated heterocycles. The molecule has 1 aromatic heterocycles. The van der Waals surface area contributed by atoms with Crippen LogP contribution in [-0.4, -0.2) is 12.1 Å². The first-order valence-corrected chi connectivity index (χ1v) is 4.29. The van der Waals surface area contributed by atoms with E-state index < -0.39 is 6.43 Å². The van der Waals surface area contributed by atoms with Gasteiger partial charge in [-0.3, -0.25) is 4.98 Å². The summed E-state index contributed by atoms with van der Waals surface area (Å²) in [7, 11) is 1.39. The largest absolute Gasteiger partial charge is 0.495 e. The summed E-state index contributed by atoms with van der Waals surface area (Å²) in [6.07, 6.45) is -1.41. The lowest BCUT2D eigenvalue weighted by Gasteiger charge is -2.12. The van der Waals surface area contributed by atoms with Gasteiger partial charge in [-0.15, -0.1) is 0 Å². The van der Waals surface area contributed by atoms with Crippen LogP contribution in [0.2, 0.25) is 0 Å². The van der Waals surface area contributed by atoms with Crippen LogP contribution in [0.3, 0.4) is 0 Å². The molecule has 0 aliphatic carbocycles. The average Bonchev–Trinajstić information content (AvgIpc) is 2.18. The molecule has 0 bridgehead atoms. The predicted octanol–water partition coefficient (Wildman–Crippen LogP) is 2.40. The second kappa shape index (κ2) is 4.69. The van der Waals surface area contributed by atoms with Gasteiger partial charge >= 0.3 is 0 Å². The highest BCUT2D eigenvalue weighted by Gasteiger charge is 2.19. The predicted molar refractivity (Wildman–Crippen MR) is 49.8 cm³/mol. The molecule has 0 amide bonds. The Morgan fingerprint density at radius 2 is 2.27 bits per heavy atom. The number of halogens is 2. The highest BCUT2D eigenvalue weighted by molar-refractivity contribution is 5.41.